The van der Waals surface area contributed by atoms with Gasteiger partial charge in [-0.25, -0.2) is 0 Å². The molecule has 0 bridgehead atoms. The highest BCUT2D eigenvalue weighted by Crippen LogP contribution is 2.29. The quantitative estimate of drug-likeness (QED) is 0.895. The molecule has 1 aromatic heterocycles. The molecule has 2 rings (SSSR count). The van der Waals surface area contributed by atoms with Crippen LogP contribution in [0.3, 0.4) is 0 Å². The summed E-state index contributed by atoms with van der Waals surface area (Å²) in [5.74, 6) is -0.202. The molecule has 0 atom stereocenters. The number of methoxy groups -OCH3 is 1. The maximum Gasteiger partial charge on any atom is 0.323 e. The first-order valence-electron chi connectivity index (χ1n) is 4.66. The van der Waals surface area contributed by atoms with Gasteiger partial charge in [0.05, 0.1) is 17.6 Å². The normalized spacial score (nSPS) is 10.6. The second-order valence-corrected chi connectivity index (χ2v) is 3.79. The van der Waals surface area contributed by atoms with Gasteiger partial charge in [-0.2, -0.15) is 0 Å². The highest BCUT2D eigenvalue weighted by Gasteiger charge is 2.09. The minimum atomic E-state index is -0.899. The van der Waals surface area contributed by atoms with Gasteiger partial charge in [0, 0.05) is 11.6 Å². The molecule has 0 aliphatic rings. The van der Waals surface area contributed by atoms with E-state index in [9.17, 15) is 4.79 Å². The SMILES string of the molecule is COc1ccc2c(c1)c(Cl)cn2CC(=O)O. The van der Waals surface area contributed by atoms with Crippen LogP contribution in [0, 0.1) is 0 Å². The lowest BCUT2D eigenvalue weighted by atomic mass is 10.2. The van der Waals surface area contributed by atoms with Gasteiger partial charge in [0.25, 0.3) is 0 Å². The fourth-order valence-electron chi connectivity index (χ4n) is 1.64. The highest BCUT2D eigenvalue weighted by atomic mass is 35.5. The molecule has 0 saturated heterocycles. The molecule has 1 N–H and O–H groups in total. The van der Waals surface area contributed by atoms with Crippen LogP contribution in [0.15, 0.2) is 24.4 Å². The second-order valence-electron chi connectivity index (χ2n) is 3.38. The molecule has 0 fully saturated rings. The molecule has 0 spiro atoms. The smallest absolute Gasteiger partial charge is 0.323 e. The van der Waals surface area contributed by atoms with Gasteiger partial charge < -0.3 is 14.4 Å². The Labute approximate surface area is 97.0 Å². The monoisotopic (exact) mass is 239 g/mol. The molecule has 0 unspecified atom stereocenters. The Morgan fingerprint density at radius 3 is 2.94 bits per heavy atom. The number of hydrogen-bond acceptors (Lipinski definition) is 2. The van der Waals surface area contributed by atoms with Gasteiger partial charge in [-0.15, -0.1) is 0 Å². The Bertz CT molecular complexity index is 547. The molecule has 4 nitrogen and oxygen atoms in total. The van der Waals surface area contributed by atoms with Crippen molar-refractivity contribution < 1.29 is 14.6 Å². The molecule has 16 heavy (non-hydrogen) atoms. The summed E-state index contributed by atoms with van der Waals surface area (Å²) in [6.45, 7) is -0.102. The number of carboxylic acids is 1. The highest BCUT2D eigenvalue weighted by molar-refractivity contribution is 6.35. The molecule has 84 valence electrons. The maximum atomic E-state index is 10.7. The standard InChI is InChI=1S/C11H10ClNO3/c1-16-7-2-3-10-8(4-7)9(12)5-13(10)6-11(14)15/h2-5H,6H2,1H3,(H,14,15). The molecule has 0 amide bonds. The van der Waals surface area contributed by atoms with Gasteiger partial charge in [-0.05, 0) is 18.2 Å². The number of carboxylic acid groups (broad SMARTS) is 1. The summed E-state index contributed by atoms with van der Waals surface area (Å²) in [5.41, 5.74) is 0.785. The number of halogens is 1. The van der Waals surface area contributed by atoms with E-state index < -0.39 is 5.97 Å². The molecular formula is C11H10ClNO3. The molecule has 0 radical (unpaired) electrons. The van der Waals surface area contributed by atoms with Crippen molar-refractivity contribution in [1.29, 1.82) is 0 Å². The van der Waals surface area contributed by atoms with E-state index in [2.05, 4.69) is 0 Å². The van der Waals surface area contributed by atoms with Crippen molar-refractivity contribution in [3.05, 3.63) is 29.4 Å². The molecule has 1 aromatic carbocycles. The second kappa shape index (κ2) is 4.06. The predicted octanol–water partition coefficient (Wildman–Crippen LogP) is 2.39. The predicted molar refractivity (Wildman–Crippen MR) is 61.1 cm³/mol. The van der Waals surface area contributed by atoms with Crippen LogP contribution < -0.4 is 4.74 Å². The summed E-state index contributed by atoms with van der Waals surface area (Å²) < 4.78 is 6.68. The van der Waals surface area contributed by atoms with E-state index in [1.165, 1.54) is 0 Å². The zero-order chi connectivity index (χ0) is 11.7. The molecule has 0 saturated carbocycles. The van der Waals surface area contributed by atoms with Crippen LogP contribution in [-0.4, -0.2) is 22.8 Å². The minimum absolute atomic E-state index is 0.102. The van der Waals surface area contributed by atoms with Gasteiger partial charge in [-0.1, -0.05) is 11.6 Å². The number of rotatable bonds is 3. The summed E-state index contributed by atoms with van der Waals surface area (Å²) in [7, 11) is 1.57. The summed E-state index contributed by atoms with van der Waals surface area (Å²) in [6, 6.07) is 5.36. The number of aliphatic carboxylic acids is 1. The van der Waals surface area contributed by atoms with Crippen LogP contribution in [0.1, 0.15) is 0 Å². The zero-order valence-electron chi connectivity index (χ0n) is 8.61. The van der Waals surface area contributed by atoms with E-state index in [0.717, 1.165) is 10.9 Å². The molecule has 5 heteroatoms. The fourth-order valence-corrected chi connectivity index (χ4v) is 1.91. The van der Waals surface area contributed by atoms with E-state index in [-0.39, 0.29) is 6.54 Å². The number of fused-ring (bicyclic) bond motifs is 1. The maximum absolute atomic E-state index is 10.7. The summed E-state index contributed by atoms with van der Waals surface area (Å²) in [4.78, 5) is 10.7. The lowest BCUT2D eigenvalue weighted by Gasteiger charge is -2.02. The van der Waals surface area contributed by atoms with Gasteiger partial charge in [0.1, 0.15) is 12.3 Å². The van der Waals surface area contributed by atoms with Crippen molar-refractivity contribution in [3.8, 4) is 5.75 Å². The number of hydrogen-bond donors (Lipinski definition) is 1. The minimum Gasteiger partial charge on any atom is -0.497 e. The van der Waals surface area contributed by atoms with Gasteiger partial charge in [-0.3, -0.25) is 4.79 Å². The fraction of sp³-hybridized carbons (Fsp3) is 0.182. The lowest BCUT2D eigenvalue weighted by molar-refractivity contribution is -0.137. The van der Waals surface area contributed by atoms with Crippen LogP contribution in [0.5, 0.6) is 5.75 Å². The molecule has 2 aromatic rings. The van der Waals surface area contributed by atoms with Crippen molar-refractivity contribution in [2.75, 3.05) is 7.11 Å². The first kappa shape index (κ1) is 10.8. The Hall–Kier alpha value is -1.68. The van der Waals surface area contributed by atoms with Crippen LogP contribution >= 0.6 is 11.6 Å². The van der Waals surface area contributed by atoms with E-state index >= 15 is 0 Å². The Balaban J connectivity index is 2.57. The van der Waals surface area contributed by atoms with E-state index in [4.69, 9.17) is 21.4 Å². The van der Waals surface area contributed by atoms with Crippen LogP contribution in [0.25, 0.3) is 10.9 Å². The van der Waals surface area contributed by atoms with Crippen LogP contribution in [0.2, 0.25) is 5.02 Å². The Morgan fingerprint density at radius 2 is 2.31 bits per heavy atom. The van der Waals surface area contributed by atoms with E-state index in [0.29, 0.717) is 10.8 Å². The summed E-state index contributed by atoms with van der Waals surface area (Å²) in [5, 5.41) is 10.1. The lowest BCUT2D eigenvalue weighted by Crippen LogP contribution is -2.07. The van der Waals surface area contributed by atoms with Gasteiger partial charge in [0.15, 0.2) is 0 Å². The number of aromatic nitrogens is 1. The van der Waals surface area contributed by atoms with Gasteiger partial charge >= 0.3 is 5.97 Å². The Kier molecular flexibility index (Phi) is 2.75. The van der Waals surface area contributed by atoms with Crippen molar-refractivity contribution in [3.63, 3.8) is 0 Å². The zero-order valence-corrected chi connectivity index (χ0v) is 9.36. The first-order chi connectivity index (χ1) is 7.61. The van der Waals surface area contributed by atoms with Crippen molar-refractivity contribution in [2.45, 2.75) is 6.54 Å². The average molecular weight is 240 g/mol. The topological polar surface area (TPSA) is 51.5 Å². The third-order valence-corrected chi connectivity index (χ3v) is 2.65. The number of benzene rings is 1. The van der Waals surface area contributed by atoms with Crippen molar-refractivity contribution in [2.24, 2.45) is 0 Å². The molecular weight excluding hydrogens is 230 g/mol. The Morgan fingerprint density at radius 1 is 1.56 bits per heavy atom. The number of nitrogens with zero attached hydrogens (tertiary/aromatic N) is 1. The van der Waals surface area contributed by atoms with Crippen molar-refractivity contribution >= 4 is 28.5 Å². The number of ether oxygens (including phenoxy) is 1. The van der Waals surface area contributed by atoms with Crippen LogP contribution in [-0.2, 0) is 11.3 Å². The molecule has 1 heterocycles. The van der Waals surface area contributed by atoms with Crippen LogP contribution in [0.4, 0.5) is 0 Å². The number of carbonyl (C=O) groups is 1. The summed E-state index contributed by atoms with van der Waals surface area (Å²) >= 11 is 6.02. The third kappa shape index (κ3) is 1.84. The summed E-state index contributed by atoms with van der Waals surface area (Å²) in [6.07, 6.45) is 1.61. The van der Waals surface area contributed by atoms with E-state index in [1.807, 2.05) is 0 Å². The first-order valence-corrected chi connectivity index (χ1v) is 5.04. The third-order valence-electron chi connectivity index (χ3n) is 2.35. The van der Waals surface area contributed by atoms with Gasteiger partial charge in [0.2, 0.25) is 0 Å². The average Bonchev–Trinajstić information content (AvgIpc) is 2.54. The van der Waals surface area contributed by atoms with Crippen molar-refractivity contribution in [1.82, 2.24) is 4.57 Å². The largest absolute Gasteiger partial charge is 0.497 e. The molecule has 0 aliphatic carbocycles. The molecule has 0 aliphatic heterocycles. The van der Waals surface area contributed by atoms with E-state index in [1.54, 1.807) is 36.1 Å².